The third-order valence-corrected chi connectivity index (χ3v) is 11.5. The number of hydrogen-bond acceptors (Lipinski definition) is 1. The van der Waals surface area contributed by atoms with Crippen molar-refractivity contribution >= 4 is 76.3 Å². The summed E-state index contributed by atoms with van der Waals surface area (Å²) < 4.78 is 11.5. The molecule has 12 rings (SSSR count). The van der Waals surface area contributed by atoms with E-state index in [2.05, 4.69) is 197 Å². The summed E-state index contributed by atoms with van der Waals surface area (Å²) in [5.41, 5.74) is 13.6. The Morgan fingerprint density at radius 1 is 0.327 bits per heavy atom. The van der Waals surface area contributed by atoms with Gasteiger partial charge in [-0.25, -0.2) is 0 Å². The second kappa shape index (κ2) is 11.6. The van der Waals surface area contributed by atoms with E-state index in [9.17, 15) is 0 Å². The van der Waals surface area contributed by atoms with Crippen molar-refractivity contribution in [3.05, 3.63) is 194 Å². The number of furan rings is 1. The average molecular weight is 701 g/mol. The molecule has 3 heteroatoms. The predicted octanol–water partition coefficient (Wildman–Crippen LogP) is 14.3. The topological polar surface area (TPSA) is 23.0 Å². The largest absolute Gasteiger partial charge is 0.454 e. The number of para-hydroxylation sites is 2. The van der Waals surface area contributed by atoms with Crippen LogP contribution in [0.2, 0.25) is 0 Å². The van der Waals surface area contributed by atoms with E-state index in [4.69, 9.17) is 4.42 Å². The van der Waals surface area contributed by atoms with Crippen molar-refractivity contribution in [2.75, 3.05) is 0 Å². The van der Waals surface area contributed by atoms with Gasteiger partial charge < -0.3 is 13.6 Å². The molecular weight excluding hydrogens is 669 g/mol. The lowest BCUT2D eigenvalue weighted by atomic mass is 10.0. The Morgan fingerprint density at radius 3 is 1.73 bits per heavy atom. The highest BCUT2D eigenvalue weighted by Crippen LogP contribution is 2.43. The average Bonchev–Trinajstić information content (AvgIpc) is 3.91. The van der Waals surface area contributed by atoms with Crippen LogP contribution in [0.4, 0.5) is 0 Å². The third-order valence-electron chi connectivity index (χ3n) is 11.5. The molecule has 0 fully saturated rings. The molecule has 256 valence electrons. The van der Waals surface area contributed by atoms with Crippen LogP contribution in [0.1, 0.15) is 0 Å². The lowest BCUT2D eigenvalue weighted by Crippen LogP contribution is -1.95. The molecule has 9 aromatic carbocycles. The summed E-state index contributed by atoms with van der Waals surface area (Å²) in [5.74, 6) is 0. The lowest BCUT2D eigenvalue weighted by molar-refractivity contribution is 0.671. The molecule has 3 aromatic heterocycles. The van der Waals surface area contributed by atoms with E-state index in [0.29, 0.717) is 0 Å². The zero-order chi connectivity index (χ0) is 36.0. The summed E-state index contributed by atoms with van der Waals surface area (Å²) in [4.78, 5) is 0. The fourth-order valence-electron chi connectivity index (χ4n) is 8.98. The van der Waals surface area contributed by atoms with Crippen LogP contribution in [0.3, 0.4) is 0 Å². The van der Waals surface area contributed by atoms with Gasteiger partial charge >= 0.3 is 0 Å². The fraction of sp³-hybridized carbons (Fsp3) is 0. The fourth-order valence-corrected chi connectivity index (χ4v) is 8.98. The monoisotopic (exact) mass is 700 g/mol. The lowest BCUT2D eigenvalue weighted by Gasteiger charge is -2.12. The maximum Gasteiger partial charge on any atom is 0.160 e. The van der Waals surface area contributed by atoms with Gasteiger partial charge in [0.05, 0.1) is 27.8 Å². The first-order valence-corrected chi connectivity index (χ1v) is 18.8. The van der Waals surface area contributed by atoms with E-state index >= 15 is 0 Å². The molecular formula is C52H32N2O. The summed E-state index contributed by atoms with van der Waals surface area (Å²) in [6.45, 7) is 0. The van der Waals surface area contributed by atoms with Gasteiger partial charge in [0.1, 0.15) is 5.58 Å². The molecule has 0 unspecified atom stereocenters. The van der Waals surface area contributed by atoms with Gasteiger partial charge in [-0.2, -0.15) is 0 Å². The Bertz CT molecular complexity index is 3470. The molecule has 3 heterocycles. The minimum atomic E-state index is 0.903. The van der Waals surface area contributed by atoms with Gasteiger partial charge in [0.15, 0.2) is 5.58 Å². The van der Waals surface area contributed by atoms with Crippen LogP contribution in [-0.2, 0) is 0 Å². The van der Waals surface area contributed by atoms with Crippen LogP contribution in [-0.4, -0.2) is 9.13 Å². The highest BCUT2D eigenvalue weighted by Gasteiger charge is 2.21. The molecule has 3 nitrogen and oxygen atoms in total. The number of nitrogens with zero attached hydrogens (tertiary/aromatic N) is 2. The van der Waals surface area contributed by atoms with Gasteiger partial charge in [-0.15, -0.1) is 0 Å². The summed E-state index contributed by atoms with van der Waals surface area (Å²) in [7, 11) is 0. The molecule has 0 aliphatic rings. The molecule has 0 saturated carbocycles. The molecule has 0 aliphatic heterocycles. The van der Waals surface area contributed by atoms with Crippen LogP contribution in [0.25, 0.3) is 110 Å². The zero-order valence-electron chi connectivity index (χ0n) is 29.8. The van der Waals surface area contributed by atoms with Crippen molar-refractivity contribution in [1.82, 2.24) is 9.13 Å². The van der Waals surface area contributed by atoms with E-state index in [1.807, 2.05) is 6.07 Å². The molecule has 0 spiro atoms. The quantitative estimate of drug-likeness (QED) is 0.179. The van der Waals surface area contributed by atoms with Crippen LogP contribution in [0.5, 0.6) is 0 Å². The standard InChI is InChI=1S/C52H32N2O/c1-2-11-33(12-3-1)34-21-25-38(26-22-34)53-47-18-8-6-16-40(47)44-31-36(23-29-48(44)53)37-24-30-49-45(32-37)42-27-28-43-41-17-7-9-20-50(41)55-52(43)51(42)54(49)46-19-10-14-35-13-4-5-15-39(35)46/h1-32H. The Balaban J connectivity index is 1.07. The van der Waals surface area contributed by atoms with E-state index in [1.165, 1.54) is 65.6 Å². The summed E-state index contributed by atoms with van der Waals surface area (Å²) in [6, 6.07) is 70.2. The highest BCUT2D eigenvalue weighted by atomic mass is 16.3. The summed E-state index contributed by atoms with van der Waals surface area (Å²) in [6.07, 6.45) is 0. The predicted molar refractivity (Wildman–Crippen MR) is 231 cm³/mol. The Hall–Kier alpha value is -7.36. The number of rotatable bonds is 4. The van der Waals surface area contributed by atoms with E-state index in [-0.39, 0.29) is 0 Å². The molecule has 0 amide bonds. The number of hydrogen-bond donors (Lipinski definition) is 0. The molecule has 0 aliphatic carbocycles. The van der Waals surface area contributed by atoms with Crippen LogP contribution < -0.4 is 0 Å². The van der Waals surface area contributed by atoms with E-state index in [1.54, 1.807) is 0 Å². The van der Waals surface area contributed by atoms with Gasteiger partial charge in [-0.05, 0) is 88.3 Å². The van der Waals surface area contributed by atoms with Gasteiger partial charge in [0.25, 0.3) is 0 Å². The second-order valence-electron chi connectivity index (χ2n) is 14.5. The number of benzene rings is 9. The van der Waals surface area contributed by atoms with Crippen molar-refractivity contribution in [2.24, 2.45) is 0 Å². The van der Waals surface area contributed by atoms with Crippen molar-refractivity contribution in [3.63, 3.8) is 0 Å². The summed E-state index contributed by atoms with van der Waals surface area (Å²) >= 11 is 0. The van der Waals surface area contributed by atoms with Gasteiger partial charge in [-0.3, -0.25) is 0 Å². The van der Waals surface area contributed by atoms with Crippen LogP contribution in [0.15, 0.2) is 199 Å². The molecule has 0 saturated heterocycles. The van der Waals surface area contributed by atoms with Gasteiger partial charge in [0.2, 0.25) is 0 Å². The Morgan fingerprint density at radius 2 is 0.909 bits per heavy atom. The zero-order valence-corrected chi connectivity index (χ0v) is 29.8. The Kier molecular flexibility index (Phi) is 6.34. The maximum absolute atomic E-state index is 6.72. The van der Waals surface area contributed by atoms with Crippen molar-refractivity contribution in [1.29, 1.82) is 0 Å². The van der Waals surface area contributed by atoms with E-state index < -0.39 is 0 Å². The third kappa shape index (κ3) is 4.44. The highest BCUT2D eigenvalue weighted by molar-refractivity contribution is 6.22. The van der Waals surface area contributed by atoms with Crippen molar-refractivity contribution in [3.8, 4) is 33.6 Å². The van der Waals surface area contributed by atoms with Gasteiger partial charge in [-0.1, -0.05) is 133 Å². The molecule has 12 aromatic rings. The molecule has 0 atom stereocenters. The smallest absolute Gasteiger partial charge is 0.160 e. The first-order chi connectivity index (χ1) is 27.3. The maximum atomic E-state index is 6.72. The molecule has 0 N–H and O–H groups in total. The van der Waals surface area contributed by atoms with Crippen molar-refractivity contribution in [2.45, 2.75) is 0 Å². The molecule has 0 bridgehead atoms. The minimum absolute atomic E-state index is 0.903. The Labute approximate surface area is 316 Å². The van der Waals surface area contributed by atoms with Crippen molar-refractivity contribution < 1.29 is 4.42 Å². The molecule has 55 heavy (non-hydrogen) atoms. The first kappa shape index (κ1) is 30.1. The number of fused-ring (bicyclic) bond motifs is 11. The van der Waals surface area contributed by atoms with Gasteiger partial charge in [0, 0.05) is 43.4 Å². The second-order valence-corrected chi connectivity index (χ2v) is 14.5. The summed E-state index contributed by atoms with van der Waals surface area (Å²) in [5, 5.41) is 9.53. The van der Waals surface area contributed by atoms with Crippen LogP contribution in [0, 0.1) is 0 Å². The van der Waals surface area contributed by atoms with E-state index in [0.717, 1.165) is 44.3 Å². The number of aromatic nitrogens is 2. The normalized spacial score (nSPS) is 12.0. The molecule has 0 radical (unpaired) electrons. The van der Waals surface area contributed by atoms with Crippen LogP contribution >= 0.6 is 0 Å². The minimum Gasteiger partial charge on any atom is -0.454 e. The SMILES string of the molecule is c1ccc(-c2ccc(-n3c4ccccc4c4cc(-c5ccc6c(c5)c5ccc7c8ccccc8oc7c5n6-c5cccc6ccccc56)ccc43)cc2)cc1. The first-order valence-electron chi connectivity index (χ1n) is 18.8.